The Morgan fingerprint density at radius 2 is 1.85 bits per heavy atom. The highest BCUT2D eigenvalue weighted by molar-refractivity contribution is 5.78. The molecule has 13 heteroatoms. The largest absolute Gasteiger partial charge is 0.522 e. The van der Waals surface area contributed by atoms with Crippen molar-refractivity contribution in [1.82, 2.24) is 15.5 Å². The number of carbonyl (C=O) groups is 1. The molecule has 9 nitrogen and oxygen atoms in total. The van der Waals surface area contributed by atoms with Crippen LogP contribution in [0.3, 0.4) is 0 Å². The zero-order valence-corrected chi connectivity index (χ0v) is 18.1. The Hall–Kier alpha value is -2.77. The third kappa shape index (κ3) is 6.21. The zero-order valence-electron chi connectivity index (χ0n) is 18.1. The molecular weight excluding hydrogens is 466 g/mol. The van der Waals surface area contributed by atoms with Gasteiger partial charge in [-0.25, -0.2) is 4.39 Å². The van der Waals surface area contributed by atoms with Gasteiger partial charge in [-0.15, -0.1) is 23.4 Å². The van der Waals surface area contributed by atoms with E-state index in [1.807, 2.05) is 0 Å². The normalized spacial score (nSPS) is 27.1. The molecule has 1 unspecified atom stereocenters. The van der Waals surface area contributed by atoms with Gasteiger partial charge >= 0.3 is 6.36 Å². The third-order valence-corrected chi connectivity index (χ3v) is 5.68. The van der Waals surface area contributed by atoms with Gasteiger partial charge in [-0.1, -0.05) is 0 Å². The topological polar surface area (TPSA) is 105 Å². The Bertz CT molecular complexity index is 964. The predicted octanol–water partition coefficient (Wildman–Crippen LogP) is 3.03. The van der Waals surface area contributed by atoms with Gasteiger partial charge in [0, 0.05) is 19.4 Å². The summed E-state index contributed by atoms with van der Waals surface area (Å²) < 4.78 is 76.0. The van der Waals surface area contributed by atoms with Crippen molar-refractivity contribution in [3.8, 4) is 5.75 Å². The zero-order chi connectivity index (χ0) is 24.3. The van der Waals surface area contributed by atoms with E-state index in [4.69, 9.17) is 18.6 Å². The number of ether oxygens (including phenoxy) is 4. The average Bonchev–Trinajstić information content (AvgIpc) is 3.25. The molecule has 2 heterocycles. The highest BCUT2D eigenvalue weighted by atomic mass is 19.4. The first kappa shape index (κ1) is 24.4. The minimum absolute atomic E-state index is 0.105. The summed E-state index contributed by atoms with van der Waals surface area (Å²) in [6, 6.07) is 4.83. The fourth-order valence-electron chi connectivity index (χ4n) is 3.86. The molecule has 34 heavy (non-hydrogen) atoms. The SMILES string of the molecule is COC1C[C@@H](c2nnc(C3CC(OC(F)(F)F)C3)o2)OC[C@@H]1NC(=O)COc1ccc(F)cc1. The van der Waals surface area contributed by atoms with Crippen molar-refractivity contribution in [2.24, 2.45) is 0 Å². The lowest BCUT2D eigenvalue weighted by atomic mass is 9.82. The summed E-state index contributed by atoms with van der Waals surface area (Å²) in [6.45, 7) is -0.163. The molecule has 1 aliphatic heterocycles. The van der Waals surface area contributed by atoms with Crippen molar-refractivity contribution in [2.75, 3.05) is 20.3 Å². The standard InChI is InChI=1S/C21H23F4N3O6/c1-30-16-8-17(20-28-27-19(33-20)11-6-14(7-11)34-21(23,24)25)32-9-15(16)26-18(29)10-31-13-4-2-12(22)3-5-13/h2-5,11,14-17H,6-10H2,1H3,(H,26,29)/t11?,14?,15-,16?,17-/m0/s1. The van der Waals surface area contributed by atoms with Gasteiger partial charge in [0.1, 0.15) is 17.7 Å². The number of nitrogens with zero attached hydrogens (tertiary/aromatic N) is 2. The Morgan fingerprint density at radius 3 is 2.53 bits per heavy atom. The number of hydrogen-bond acceptors (Lipinski definition) is 8. The molecule has 4 rings (SSSR count). The summed E-state index contributed by atoms with van der Waals surface area (Å²) in [5.41, 5.74) is 0. The summed E-state index contributed by atoms with van der Waals surface area (Å²) in [7, 11) is 1.50. The first-order valence-electron chi connectivity index (χ1n) is 10.6. The number of amides is 1. The van der Waals surface area contributed by atoms with E-state index in [9.17, 15) is 22.4 Å². The molecule has 0 spiro atoms. The lowest BCUT2D eigenvalue weighted by Gasteiger charge is -2.34. The summed E-state index contributed by atoms with van der Waals surface area (Å²) >= 11 is 0. The second-order valence-electron chi connectivity index (χ2n) is 8.08. The minimum atomic E-state index is -4.67. The molecule has 3 atom stereocenters. The maximum Gasteiger partial charge on any atom is 0.522 e. The number of benzene rings is 1. The molecule has 1 saturated heterocycles. The van der Waals surface area contributed by atoms with E-state index in [0.29, 0.717) is 12.2 Å². The van der Waals surface area contributed by atoms with Gasteiger partial charge in [-0.3, -0.25) is 9.53 Å². The maximum atomic E-state index is 12.9. The summed E-state index contributed by atoms with van der Waals surface area (Å²) in [5, 5.41) is 10.7. The smallest absolute Gasteiger partial charge is 0.484 e. The van der Waals surface area contributed by atoms with Crippen LogP contribution in [0.1, 0.15) is 43.1 Å². The van der Waals surface area contributed by atoms with Crippen molar-refractivity contribution in [2.45, 2.75) is 55.9 Å². The fraction of sp³-hybridized carbons (Fsp3) is 0.571. The van der Waals surface area contributed by atoms with Crippen LogP contribution in [0, 0.1) is 5.82 Å². The number of hydrogen-bond donors (Lipinski definition) is 1. The van der Waals surface area contributed by atoms with E-state index in [1.165, 1.54) is 31.4 Å². The van der Waals surface area contributed by atoms with Crippen molar-refractivity contribution in [1.29, 1.82) is 0 Å². The van der Waals surface area contributed by atoms with Crippen molar-refractivity contribution < 1.29 is 45.7 Å². The molecule has 0 bridgehead atoms. The lowest BCUT2D eigenvalue weighted by molar-refractivity contribution is -0.352. The van der Waals surface area contributed by atoms with Crippen molar-refractivity contribution in [3.63, 3.8) is 0 Å². The number of nitrogens with one attached hydrogen (secondary N) is 1. The molecule has 0 radical (unpaired) electrons. The molecule has 1 aromatic heterocycles. The van der Waals surface area contributed by atoms with Crippen LogP contribution >= 0.6 is 0 Å². The van der Waals surface area contributed by atoms with Crippen LogP contribution in [0.15, 0.2) is 28.7 Å². The van der Waals surface area contributed by atoms with Crippen LogP contribution in [0.5, 0.6) is 5.75 Å². The molecule has 186 valence electrons. The van der Waals surface area contributed by atoms with Gasteiger partial charge in [-0.2, -0.15) is 0 Å². The van der Waals surface area contributed by atoms with Crippen LogP contribution in [-0.4, -0.2) is 61.0 Å². The molecule has 1 N–H and O–H groups in total. The Labute approximate surface area is 191 Å². The molecule has 1 aromatic carbocycles. The number of halogens is 4. The van der Waals surface area contributed by atoms with E-state index < -0.39 is 42.4 Å². The monoisotopic (exact) mass is 489 g/mol. The maximum absolute atomic E-state index is 12.9. The van der Waals surface area contributed by atoms with E-state index in [1.54, 1.807) is 0 Å². The van der Waals surface area contributed by atoms with Gasteiger partial charge in [0.05, 0.1) is 24.9 Å². The Kier molecular flexibility index (Phi) is 7.33. The van der Waals surface area contributed by atoms with Crippen LogP contribution in [-0.2, 0) is 19.0 Å². The molecule has 1 amide bonds. The summed E-state index contributed by atoms with van der Waals surface area (Å²) in [5.74, 6) is -0.323. The first-order chi connectivity index (χ1) is 16.2. The van der Waals surface area contributed by atoms with E-state index in [0.717, 1.165) is 0 Å². The Balaban J connectivity index is 1.25. The van der Waals surface area contributed by atoms with Gasteiger partial charge < -0.3 is 23.9 Å². The van der Waals surface area contributed by atoms with Gasteiger partial charge in [0.25, 0.3) is 5.91 Å². The average molecular weight is 489 g/mol. The predicted molar refractivity (Wildman–Crippen MR) is 105 cm³/mol. The van der Waals surface area contributed by atoms with E-state index in [-0.39, 0.29) is 43.8 Å². The second-order valence-corrected chi connectivity index (χ2v) is 8.08. The summed E-state index contributed by atoms with van der Waals surface area (Å²) in [4.78, 5) is 12.3. The molecule has 2 aromatic rings. The van der Waals surface area contributed by atoms with Gasteiger partial charge in [0.15, 0.2) is 6.61 Å². The quantitative estimate of drug-likeness (QED) is 0.565. The van der Waals surface area contributed by atoms with E-state index >= 15 is 0 Å². The second kappa shape index (κ2) is 10.2. The number of aromatic nitrogens is 2. The van der Waals surface area contributed by atoms with Crippen LogP contribution in [0.2, 0.25) is 0 Å². The van der Waals surface area contributed by atoms with Crippen molar-refractivity contribution >= 4 is 5.91 Å². The minimum Gasteiger partial charge on any atom is -0.484 e. The van der Waals surface area contributed by atoms with Crippen LogP contribution < -0.4 is 10.1 Å². The first-order valence-corrected chi connectivity index (χ1v) is 10.6. The van der Waals surface area contributed by atoms with E-state index in [2.05, 4.69) is 20.3 Å². The third-order valence-electron chi connectivity index (χ3n) is 5.68. The number of methoxy groups -OCH3 is 1. The molecule has 2 fully saturated rings. The highest BCUT2D eigenvalue weighted by Gasteiger charge is 2.43. The van der Waals surface area contributed by atoms with Crippen LogP contribution in [0.4, 0.5) is 17.6 Å². The van der Waals surface area contributed by atoms with Crippen molar-refractivity contribution in [3.05, 3.63) is 41.9 Å². The molecular formula is C21H23F4N3O6. The highest BCUT2D eigenvalue weighted by Crippen LogP contribution is 2.41. The Morgan fingerprint density at radius 1 is 1.15 bits per heavy atom. The van der Waals surface area contributed by atoms with Gasteiger partial charge in [0.2, 0.25) is 11.8 Å². The summed E-state index contributed by atoms with van der Waals surface area (Å²) in [6.07, 6.45) is -6.00. The van der Waals surface area contributed by atoms with Gasteiger partial charge in [-0.05, 0) is 37.1 Å². The number of carbonyl (C=O) groups excluding carboxylic acids is 1. The number of alkyl halides is 3. The van der Waals surface area contributed by atoms with Crippen LogP contribution in [0.25, 0.3) is 0 Å². The molecule has 2 aliphatic rings. The lowest BCUT2D eigenvalue weighted by Crippen LogP contribution is -2.51. The number of rotatable bonds is 8. The fourth-order valence-corrected chi connectivity index (χ4v) is 3.86. The molecule has 1 aliphatic carbocycles. The molecule has 1 saturated carbocycles.